The first-order valence-corrected chi connectivity index (χ1v) is 14.5. The third-order valence-corrected chi connectivity index (χ3v) is 6.82. The van der Waals surface area contributed by atoms with Crippen molar-refractivity contribution in [2.75, 3.05) is 6.61 Å². The molecule has 0 radical (unpaired) electrons. The first-order valence-electron chi connectivity index (χ1n) is 14.2. The summed E-state index contributed by atoms with van der Waals surface area (Å²) in [6.07, 6.45) is 18.3. The maximum absolute atomic E-state index is 12.7. The first-order chi connectivity index (χ1) is 18.6. The Morgan fingerprint density at radius 2 is 1.42 bits per heavy atom. The number of aryl methyl sites for hydroxylation is 1. The number of aromatic nitrogens is 2. The summed E-state index contributed by atoms with van der Waals surface area (Å²) >= 11 is 6.36. The van der Waals surface area contributed by atoms with Gasteiger partial charge in [0.1, 0.15) is 11.5 Å². The lowest BCUT2D eigenvalue weighted by Crippen LogP contribution is -2.08. The third-order valence-electron chi connectivity index (χ3n) is 6.52. The van der Waals surface area contributed by atoms with Gasteiger partial charge in [0, 0.05) is 18.0 Å². The molecule has 0 unspecified atom stereocenters. The van der Waals surface area contributed by atoms with Crippen molar-refractivity contribution in [2.45, 2.75) is 90.9 Å². The largest absolute Gasteiger partial charge is 0.492 e. The normalized spacial score (nSPS) is 10.9. The van der Waals surface area contributed by atoms with Gasteiger partial charge in [-0.05, 0) is 67.3 Å². The number of rotatable bonds is 17. The van der Waals surface area contributed by atoms with Crippen molar-refractivity contribution >= 4 is 17.6 Å². The maximum atomic E-state index is 12.7. The summed E-state index contributed by atoms with van der Waals surface area (Å²) in [4.78, 5) is 21.7. The van der Waals surface area contributed by atoms with Gasteiger partial charge in [0.2, 0.25) is 0 Å². The molecule has 2 aromatic carbocycles. The molecule has 0 N–H and O–H groups in total. The Labute approximate surface area is 233 Å². The molecule has 0 bridgehead atoms. The monoisotopic (exact) mass is 536 g/mol. The summed E-state index contributed by atoms with van der Waals surface area (Å²) in [6.45, 7) is 5.06. The molecule has 0 aliphatic rings. The van der Waals surface area contributed by atoms with Gasteiger partial charge in [-0.3, -0.25) is 0 Å². The number of hydrogen-bond donors (Lipinski definition) is 0. The van der Waals surface area contributed by atoms with E-state index in [2.05, 4.69) is 23.8 Å². The molecular weight excluding hydrogens is 496 g/mol. The average Bonchev–Trinajstić information content (AvgIpc) is 2.94. The van der Waals surface area contributed by atoms with E-state index in [1.54, 1.807) is 30.3 Å². The number of esters is 1. The Hall–Kier alpha value is -2.92. The van der Waals surface area contributed by atoms with Crippen molar-refractivity contribution in [3.63, 3.8) is 0 Å². The molecule has 5 nitrogen and oxygen atoms in total. The Morgan fingerprint density at radius 1 is 0.789 bits per heavy atom. The second kappa shape index (κ2) is 16.8. The molecule has 3 aromatic rings. The van der Waals surface area contributed by atoms with Crippen LogP contribution in [0.3, 0.4) is 0 Å². The third kappa shape index (κ3) is 10.1. The molecule has 1 aromatic heterocycles. The fraction of sp³-hybridized carbons (Fsp3) is 0.469. The zero-order valence-corrected chi connectivity index (χ0v) is 23.6. The van der Waals surface area contributed by atoms with Crippen LogP contribution in [0.15, 0.2) is 54.9 Å². The van der Waals surface area contributed by atoms with Crippen LogP contribution in [-0.4, -0.2) is 22.5 Å². The molecule has 0 amide bonds. The van der Waals surface area contributed by atoms with Crippen LogP contribution in [0.1, 0.15) is 100 Å². The van der Waals surface area contributed by atoms with Crippen molar-refractivity contribution in [2.24, 2.45) is 0 Å². The lowest BCUT2D eigenvalue weighted by Gasteiger charge is -2.10. The number of unbranched alkanes of at least 4 members (excludes halogenated alkanes) is 9. The van der Waals surface area contributed by atoms with E-state index in [9.17, 15) is 4.79 Å². The number of hydrogen-bond acceptors (Lipinski definition) is 5. The van der Waals surface area contributed by atoms with E-state index in [0.717, 1.165) is 30.4 Å². The topological polar surface area (TPSA) is 61.3 Å². The van der Waals surface area contributed by atoms with Crippen molar-refractivity contribution in [1.82, 2.24) is 9.97 Å². The minimum absolute atomic E-state index is 0.375. The maximum Gasteiger partial charge on any atom is 0.343 e. The summed E-state index contributed by atoms with van der Waals surface area (Å²) in [5.74, 6) is 1.22. The number of benzene rings is 2. The molecular formula is C32H41ClN2O3. The van der Waals surface area contributed by atoms with Gasteiger partial charge in [-0.1, -0.05) is 83.2 Å². The Morgan fingerprint density at radius 3 is 2.08 bits per heavy atom. The van der Waals surface area contributed by atoms with Crippen molar-refractivity contribution < 1.29 is 14.3 Å². The lowest BCUT2D eigenvalue weighted by molar-refractivity contribution is 0.0734. The highest BCUT2D eigenvalue weighted by Gasteiger charge is 2.13. The van der Waals surface area contributed by atoms with Crippen LogP contribution in [0.25, 0.3) is 11.4 Å². The Balaban J connectivity index is 1.46. The minimum atomic E-state index is -0.471. The number of ether oxygens (including phenoxy) is 2. The highest BCUT2D eigenvalue weighted by Crippen LogP contribution is 2.27. The smallest absolute Gasteiger partial charge is 0.343 e. The lowest BCUT2D eigenvalue weighted by atomic mass is 10.1. The SMILES string of the molecule is CCCCCCCCOc1ccc(C(=O)Oc2ccc(-c3ncc(CCCCCCC)cn3)cc2)cc1Cl. The van der Waals surface area contributed by atoms with E-state index >= 15 is 0 Å². The van der Waals surface area contributed by atoms with Crippen LogP contribution >= 0.6 is 11.6 Å². The molecule has 0 fully saturated rings. The molecule has 38 heavy (non-hydrogen) atoms. The standard InChI is InChI=1S/C32H41ClN2O3/c1-3-5-7-9-11-13-21-37-30-20-17-27(22-29(30)33)32(36)38-28-18-15-26(16-19-28)31-34-23-25(24-35-31)14-12-10-8-6-4-2/h15-20,22-24H,3-14,21H2,1-2H3. The van der Waals surface area contributed by atoms with Crippen LogP contribution in [0.5, 0.6) is 11.5 Å². The summed E-state index contributed by atoms with van der Waals surface area (Å²) in [5, 5.41) is 0.405. The van der Waals surface area contributed by atoms with Crippen LogP contribution in [0.4, 0.5) is 0 Å². The Bertz CT molecular complexity index is 1100. The predicted molar refractivity (Wildman–Crippen MR) is 155 cm³/mol. The number of carbonyl (C=O) groups excluding carboxylic acids is 1. The first kappa shape index (κ1) is 29.6. The molecule has 6 heteroatoms. The predicted octanol–water partition coefficient (Wildman–Crippen LogP) is 9.27. The summed E-state index contributed by atoms with van der Waals surface area (Å²) in [6, 6.07) is 12.2. The summed E-state index contributed by atoms with van der Waals surface area (Å²) < 4.78 is 11.3. The fourth-order valence-corrected chi connectivity index (χ4v) is 4.45. The Kier molecular flexibility index (Phi) is 13.1. The minimum Gasteiger partial charge on any atom is -0.492 e. The van der Waals surface area contributed by atoms with E-state index in [1.807, 2.05) is 24.5 Å². The highest BCUT2D eigenvalue weighted by atomic mass is 35.5. The average molecular weight is 537 g/mol. The van der Waals surface area contributed by atoms with E-state index in [1.165, 1.54) is 57.8 Å². The molecule has 0 atom stereocenters. The number of nitrogens with zero attached hydrogens (tertiary/aromatic N) is 2. The van der Waals surface area contributed by atoms with Gasteiger partial charge in [0.15, 0.2) is 5.82 Å². The van der Waals surface area contributed by atoms with Crippen LogP contribution in [0.2, 0.25) is 5.02 Å². The number of carbonyl (C=O) groups is 1. The molecule has 0 saturated carbocycles. The van der Waals surface area contributed by atoms with Crippen molar-refractivity contribution in [1.29, 1.82) is 0 Å². The van der Waals surface area contributed by atoms with Crippen LogP contribution in [-0.2, 0) is 6.42 Å². The number of halogens is 1. The van der Waals surface area contributed by atoms with Crippen molar-refractivity contribution in [3.8, 4) is 22.9 Å². The van der Waals surface area contributed by atoms with Crippen molar-refractivity contribution in [3.05, 3.63) is 71.0 Å². The molecule has 204 valence electrons. The molecule has 3 rings (SSSR count). The van der Waals surface area contributed by atoms with Gasteiger partial charge >= 0.3 is 5.97 Å². The molecule has 0 aliphatic carbocycles. The van der Waals surface area contributed by atoms with Gasteiger partial charge in [-0.2, -0.15) is 0 Å². The van der Waals surface area contributed by atoms with Crippen LogP contribution < -0.4 is 9.47 Å². The van der Waals surface area contributed by atoms with Gasteiger partial charge in [0.05, 0.1) is 17.2 Å². The fourth-order valence-electron chi connectivity index (χ4n) is 4.21. The van der Waals surface area contributed by atoms with Gasteiger partial charge in [0.25, 0.3) is 0 Å². The second-order valence-electron chi connectivity index (χ2n) is 9.75. The van der Waals surface area contributed by atoms with E-state index in [0.29, 0.717) is 34.5 Å². The zero-order chi connectivity index (χ0) is 27.0. The van der Waals surface area contributed by atoms with E-state index < -0.39 is 5.97 Å². The van der Waals surface area contributed by atoms with E-state index in [-0.39, 0.29) is 0 Å². The van der Waals surface area contributed by atoms with E-state index in [4.69, 9.17) is 21.1 Å². The zero-order valence-electron chi connectivity index (χ0n) is 22.9. The molecule has 0 spiro atoms. The quantitative estimate of drug-likeness (QED) is 0.0976. The second-order valence-corrected chi connectivity index (χ2v) is 10.2. The van der Waals surface area contributed by atoms with Crippen LogP contribution in [0, 0.1) is 0 Å². The molecule has 1 heterocycles. The molecule has 0 aliphatic heterocycles. The highest BCUT2D eigenvalue weighted by molar-refractivity contribution is 6.32. The van der Waals surface area contributed by atoms with Gasteiger partial charge in [-0.15, -0.1) is 0 Å². The summed E-state index contributed by atoms with van der Waals surface area (Å²) in [5.41, 5.74) is 2.40. The van der Waals surface area contributed by atoms with Gasteiger partial charge in [-0.25, -0.2) is 14.8 Å². The molecule has 0 saturated heterocycles. The van der Waals surface area contributed by atoms with Gasteiger partial charge < -0.3 is 9.47 Å². The summed E-state index contributed by atoms with van der Waals surface area (Å²) in [7, 11) is 0.